The van der Waals surface area contributed by atoms with Crippen molar-refractivity contribution in [3.05, 3.63) is 58.6 Å². The average Bonchev–Trinajstić information content (AvgIpc) is 2.60. The van der Waals surface area contributed by atoms with Crippen molar-refractivity contribution in [3.8, 4) is 11.5 Å². The number of carbonyl (C=O) groups is 2. The molecule has 3 rings (SSSR count). The van der Waals surface area contributed by atoms with E-state index in [9.17, 15) is 14.7 Å². The number of aromatic hydroxyl groups is 1. The highest BCUT2D eigenvalue weighted by Gasteiger charge is 2.34. The smallest absolute Gasteiger partial charge is 0.270 e. The highest BCUT2D eigenvalue weighted by molar-refractivity contribution is 7.80. The molecule has 1 saturated heterocycles. The van der Waals surface area contributed by atoms with Gasteiger partial charge in [0.15, 0.2) is 16.6 Å². The molecule has 1 fully saturated rings. The van der Waals surface area contributed by atoms with Crippen LogP contribution in [0.4, 0.5) is 5.69 Å². The Balaban J connectivity index is 2.03. The Bertz CT molecular complexity index is 958. The Morgan fingerprint density at radius 3 is 2.69 bits per heavy atom. The van der Waals surface area contributed by atoms with E-state index in [4.69, 9.17) is 28.6 Å². The Hall–Kier alpha value is -2.90. The van der Waals surface area contributed by atoms with Crippen LogP contribution in [0.3, 0.4) is 0 Å². The van der Waals surface area contributed by atoms with E-state index in [-0.39, 0.29) is 22.2 Å². The summed E-state index contributed by atoms with van der Waals surface area (Å²) in [5.74, 6) is -1.00. The van der Waals surface area contributed by atoms with Crippen LogP contribution in [0.15, 0.2) is 48.0 Å². The van der Waals surface area contributed by atoms with Crippen molar-refractivity contribution in [2.24, 2.45) is 0 Å². The number of anilines is 1. The standard InChI is InChI=1S/C18H13ClN2O4S/c1-25-15-8-10(5-6-14(15)22)7-13-16(23)20-18(26)21(17(13)24)12-4-2-3-11(19)9-12/h2-9,22H,1H3,(H,20,23,26). The largest absolute Gasteiger partial charge is 0.504 e. The zero-order chi connectivity index (χ0) is 18.8. The second kappa shape index (κ2) is 7.15. The normalized spacial score (nSPS) is 16.0. The minimum Gasteiger partial charge on any atom is -0.504 e. The van der Waals surface area contributed by atoms with E-state index < -0.39 is 11.8 Å². The van der Waals surface area contributed by atoms with Gasteiger partial charge in [-0.25, -0.2) is 0 Å². The average molecular weight is 389 g/mol. The minimum atomic E-state index is -0.606. The number of benzene rings is 2. The van der Waals surface area contributed by atoms with Gasteiger partial charge in [0.25, 0.3) is 11.8 Å². The molecule has 0 unspecified atom stereocenters. The molecule has 0 saturated carbocycles. The number of ether oxygens (including phenoxy) is 1. The van der Waals surface area contributed by atoms with Gasteiger partial charge in [-0.2, -0.15) is 0 Å². The predicted molar refractivity (Wildman–Crippen MR) is 102 cm³/mol. The first-order valence-corrected chi connectivity index (χ1v) is 8.23. The van der Waals surface area contributed by atoms with E-state index in [1.54, 1.807) is 30.3 Å². The van der Waals surface area contributed by atoms with Gasteiger partial charge in [-0.3, -0.25) is 19.8 Å². The molecule has 26 heavy (non-hydrogen) atoms. The Morgan fingerprint density at radius 2 is 2.00 bits per heavy atom. The lowest BCUT2D eigenvalue weighted by Gasteiger charge is -2.29. The van der Waals surface area contributed by atoms with Crippen molar-refractivity contribution in [2.75, 3.05) is 12.0 Å². The van der Waals surface area contributed by atoms with Gasteiger partial charge < -0.3 is 9.84 Å². The van der Waals surface area contributed by atoms with E-state index >= 15 is 0 Å². The number of methoxy groups -OCH3 is 1. The molecule has 2 aromatic carbocycles. The monoisotopic (exact) mass is 388 g/mol. The number of amides is 2. The van der Waals surface area contributed by atoms with Crippen LogP contribution in [-0.2, 0) is 9.59 Å². The predicted octanol–water partition coefficient (Wildman–Crippen LogP) is 2.89. The van der Waals surface area contributed by atoms with Crippen LogP contribution in [0.1, 0.15) is 5.56 Å². The molecule has 0 atom stereocenters. The highest BCUT2D eigenvalue weighted by Crippen LogP contribution is 2.29. The summed E-state index contributed by atoms with van der Waals surface area (Å²) in [5.41, 5.74) is 0.852. The zero-order valence-corrected chi connectivity index (χ0v) is 15.1. The molecule has 0 bridgehead atoms. The first kappa shape index (κ1) is 17.9. The summed E-state index contributed by atoms with van der Waals surface area (Å²) in [6.07, 6.45) is 1.40. The second-order valence-corrected chi connectivity index (χ2v) is 6.19. The number of nitrogens with zero attached hydrogens (tertiary/aromatic N) is 1. The van der Waals surface area contributed by atoms with Crippen molar-refractivity contribution in [1.82, 2.24) is 5.32 Å². The molecular formula is C18H13ClN2O4S. The fraction of sp³-hybridized carbons (Fsp3) is 0.0556. The second-order valence-electron chi connectivity index (χ2n) is 5.37. The molecule has 2 amide bonds. The maximum Gasteiger partial charge on any atom is 0.270 e. The van der Waals surface area contributed by atoms with Gasteiger partial charge in [-0.15, -0.1) is 0 Å². The fourth-order valence-electron chi connectivity index (χ4n) is 2.46. The first-order valence-electron chi connectivity index (χ1n) is 7.44. The summed E-state index contributed by atoms with van der Waals surface area (Å²) in [4.78, 5) is 26.3. The molecular weight excluding hydrogens is 376 g/mol. The summed E-state index contributed by atoms with van der Waals surface area (Å²) in [7, 11) is 1.41. The van der Waals surface area contributed by atoms with Gasteiger partial charge in [-0.1, -0.05) is 23.7 Å². The van der Waals surface area contributed by atoms with Crippen molar-refractivity contribution in [1.29, 1.82) is 0 Å². The van der Waals surface area contributed by atoms with Crippen LogP contribution in [-0.4, -0.2) is 29.1 Å². The Labute approximate surface area is 159 Å². The maximum absolute atomic E-state index is 12.9. The molecule has 0 aromatic heterocycles. The number of carbonyl (C=O) groups excluding carboxylic acids is 2. The topological polar surface area (TPSA) is 78.9 Å². The zero-order valence-electron chi connectivity index (χ0n) is 13.5. The van der Waals surface area contributed by atoms with Gasteiger partial charge in [0, 0.05) is 5.02 Å². The van der Waals surface area contributed by atoms with Crippen LogP contribution in [0.5, 0.6) is 11.5 Å². The number of hydrogen-bond donors (Lipinski definition) is 2. The van der Waals surface area contributed by atoms with Crippen LogP contribution >= 0.6 is 23.8 Å². The van der Waals surface area contributed by atoms with Crippen LogP contribution in [0, 0.1) is 0 Å². The third-order valence-corrected chi connectivity index (χ3v) is 4.20. The van der Waals surface area contributed by atoms with E-state index in [2.05, 4.69) is 5.32 Å². The first-order chi connectivity index (χ1) is 12.4. The van der Waals surface area contributed by atoms with Gasteiger partial charge in [0.2, 0.25) is 0 Å². The van der Waals surface area contributed by atoms with Crippen LogP contribution in [0.2, 0.25) is 5.02 Å². The number of phenols is 1. The van der Waals surface area contributed by atoms with Gasteiger partial charge >= 0.3 is 0 Å². The third-order valence-electron chi connectivity index (χ3n) is 3.68. The number of nitrogens with one attached hydrogen (secondary N) is 1. The Kier molecular flexibility index (Phi) is 4.92. The highest BCUT2D eigenvalue weighted by atomic mass is 35.5. The molecule has 1 heterocycles. The summed E-state index contributed by atoms with van der Waals surface area (Å²) in [6, 6.07) is 11.1. The lowest BCUT2D eigenvalue weighted by molar-refractivity contribution is -0.122. The number of thiocarbonyl (C=S) groups is 1. The molecule has 0 aliphatic carbocycles. The summed E-state index contributed by atoms with van der Waals surface area (Å²) < 4.78 is 5.04. The number of rotatable bonds is 3. The van der Waals surface area contributed by atoms with E-state index in [0.717, 1.165) is 0 Å². The van der Waals surface area contributed by atoms with Crippen molar-refractivity contribution < 1.29 is 19.4 Å². The van der Waals surface area contributed by atoms with Gasteiger partial charge in [-0.05, 0) is 54.2 Å². The summed E-state index contributed by atoms with van der Waals surface area (Å²) >= 11 is 11.1. The summed E-state index contributed by atoms with van der Waals surface area (Å²) in [6.45, 7) is 0. The van der Waals surface area contributed by atoms with Gasteiger partial charge in [0.1, 0.15) is 5.57 Å². The molecule has 1 aliphatic rings. The quantitative estimate of drug-likeness (QED) is 0.480. The number of phenolic OH excluding ortho intramolecular Hbond substituents is 1. The van der Waals surface area contributed by atoms with Crippen molar-refractivity contribution >= 4 is 52.5 Å². The third kappa shape index (κ3) is 3.40. The van der Waals surface area contributed by atoms with E-state index in [1.807, 2.05) is 0 Å². The van der Waals surface area contributed by atoms with Gasteiger partial charge in [0.05, 0.1) is 12.8 Å². The number of hydrogen-bond acceptors (Lipinski definition) is 5. The lowest BCUT2D eigenvalue weighted by atomic mass is 10.1. The molecule has 1 aliphatic heterocycles. The van der Waals surface area contributed by atoms with E-state index in [0.29, 0.717) is 16.3 Å². The SMILES string of the molecule is COc1cc(C=C2C(=O)NC(=S)N(c3cccc(Cl)c3)C2=O)ccc1O. The molecule has 2 N–H and O–H groups in total. The number of halogens is 1. The minimum absolute atomic E-state index is 0.0253. The maximum atomic E-state index is 12.9. The summed E-state index contributed by atoms with van der Waals surface area (Å²) in [5, 5.41) is 12.6. The lowest BCUT2D eigenvalue weighted by Crippen LogP contribution is -2.54. The van der Waals surface area contributed by atoms with E-state index in [1.165, 1.54) is 30.2 Å². The molecule has 2 aromatic rings. The molecule has 8 heteroatoms. The van der Waals surface area contributed by atoms with Crippen LogP contribution < -0.4 is 15.0 Å². The molecule has 132 valence electrons. The van der Waals surface area contributed by atoms with Crippen molar-refractivity contribution in [2.45, 2.75) is 0 Å². The fourth-order valence-corrected chi connectivity index (χ4v) is 2.92. The molecule has 0 spiro atoms. The Morgan fingerprint density at radius 1 is 1.23 bits per heavy atom. The van der Waals surface area contributed by atoms with Crippen LogP contribution in [0.25, 0.3) is 6.08 Å². The molecule has 0 radical (unpaired) electrons. The van der Waals surface area contributed by atoms with Crippen molar-refractivity contribution in [3.63, 3.8) is 0 Å². The molecule has 6 nitrogen and oxygen atoms in total.